The number of aliphatic hydroxyl groups is 1. The Hall–Kier alpha value is -0.0400. The zero-order valence-electron chi connectivity index (χ0n) is 11.9. The Morgan fingerprint density at radius 2 is 0.812 bits per heavy atom. The molecule has 0 aromatic carbocycles. The molecule has 1 heteroatoms. The van der Waals surface area contributed by atoms with Gasteiger partial charge in [-0.15, -0.1) is 0 Å². The largest absolute Gasteiger partial charge is 0.396 e. The third kappa shape index (κ3) is 23.6. The van der Waals surface area contributed by atoms with Crippen LogP contribution in [0, 0.1) is 0 Å². The first-order valence-corrected chi connectivity index (χ1v) is 7.44. The minimum absolute atomic E-state index is 0.361. The molecule has 1 N–H and O–H groups in total. The van der Waals surface area contributed by atoms with Crippen molar-refractivity contribution in [3.8, 4) is 0 Å². The van der Waals surface area contributed by atoms with Crippen LogP contribution in [-0.2, 0) is 0 Å². The first kappa shape index (κ1) is 18.3. The minimum atomic E-state index is 0.361. The summed E-state index contributed by atoms with van der Waals surface area (Å²) in [6.07, 6.45) is 14.7. The van der Waals surface area contributed by atoms with Gasteiger partial charge in [0.05, 0.1) is 0 Å². The predicted molar refractivity (Wildman–Crippen MR) is 74.9 cm³/mol. The molecule has 0 radical (unpaired) electrons. The molecule has 0 heterocycles. The standard InChI is InChI=1S/C9H20.C6H14O/c1-3-5-7-9-8-6-4-2;1-2-3-4-5-6-7/h3-9H2,1-2H3;7H,2-6H2,1H3. The van der Waals surface area contributed by atoms with Gasteiger partial charge in [-0.3, -0.25) is 0 Å². The Bertz CT molecular complexity index is 81.4. The van der Waals surface area contributed by atoms with Crippen LogP contribution in [0.5, 0.6) is 0 Å². The first-order chi connectivity index (χ1) is 7.83. The fraction of sp³-hybridized carbons (Fsp3) is 1.00. The van der Waals surface area contributed by atoms with Crippen molar-refractivity contribution >= 4 is 0 Å². The average Bonchev–Trinajstić information content (AvgIpc) is 2.31. The topological polar surface area (TPSA) is 20.2 Å². The number of rotatable bonds is 10. The fourth-order valence-electron chi connectivity index (χ4n) is 1.57. The van der Waals surface area contributed by atoms with Crippen LogP contribution in [0.1, 0.15) is 91.4 Å². The van der Waals surface area contributed by atoms with E-state index in [1.54, 1.807) is 0 Å². The van der Waals surface area contributed by atoms with Gasteiger partial charge in [0, 0.05) is 6.61 Å². The lowest BCUT2D eigenvalue weighted by atomic mass is 10.1. The minimum Gasteiger partial charge on any atom is -0.396 e. The quantitative estimate of drug-likeness (QED) is 0.504. The monoisotopic (exact) mass is 230 g/mol. The molecule has 0 saturated carbocycles. The summed E-state index contributed by atoms with van der Waals surface area (Å²) < 4.78 is 0. The Labute approximate surface area is 104 Å². The molecule has 100 valence electrons. The van der Waals surface area contributed by atoms with Crippen molar-refractivity contribution in [1.29, 1.82) is 0 Å². The van der Waals surface area contributed by atoms with Gasteiger partial charge in [-0.1, -0.05) is 85.0 Å². The highest BCUT2D eigenvalue weighted by Crippen LogP contribution is 2.05. The van der Waals surface area contributed by atoms with E-state index in [-0.39, 0.29) is 0 Å². The molecule has 0 aromatic heterocycles. The van der Waals surface area contributed by atoms with Crippen LogP contribution in [0.25, 0.3) is 0 Å². The third-order valence-corrected chi connectivity index (χ3v) is 2.72. The summed E-state index contributed by atoms with van der Waals surface area (Å²) in [7, 11) is 0. The van der Waals surface area contributed by atoms with E-state index in [1.165, 1.54) is 64.2 Å². The predicted octanol–water partition coefficient (Wildman–Crippen LogP) is 5.32. The molecule has 0 bridgehead atoms. The SMILES string of the molecule is CCCCCCCCC.CCCCCCO. The summed E-state index contributed by atoms with van der Waals surface area (Å²) in [4.78, 5) is 0. The van der Waals surface area contributed by atoms with Gasteiger partial charge in [0.15, 0.2) is 0 Å². The van der Waals surface area contributed by atoms with Crippen LogP contribution in [0.15, 0.2) is 0 Å². The molecule has 0 amide bonds. The van der Waals surface area contributed by atoms with Crippen molar-refractivity contribution < 1.29 is 5.11 Å². The summed E-state index contributed by atoms with van der Waals surface area (Å²) in [6.45, 7) is 7.05. The van der Waals surface area contributed by atoms with Gasteiger partial charge >= 0.3 is 0 Å². The molecule has 0 unspecified atom stereocenters. The molecule has 0 aromatic rings. The Morgan fingerprint density at radius 1 is 0.500 bits per heavy atom. The molecule has 0 atom stereocenters. The molecule has 0 saturated heterocycles. The zero-order chi connectivity index (χ0) is 12.5. The van der Waals surface area contributed by atoms with Crippen LogP contribution in [0.3, 0.4) is 0 Å². The highest BCUT2D eigenvalue weighted by molar-refractivity contribution is 4.41. The number of hydrogen-bond acceptors (Lipinski definition) is 1. The van der Waals surface area contributed by atoms with Crippen LogP contribution < -0.4 is 0 Å². The summed E-state index contributed by atoms with van der Waals surface area (Å²) in [6, 6.07) is 0. The van der Waals surface area contributed by atoms with Crippen molar-refractivity contribution in [2.45, 2.75) is 91.4 Å². The molecule has 0 aliphatic carbocycles. The lowest BCUT2D eigenvalue weighted by molar-refractivity contribution is 0.283. The summed E-state index contributed by atoms with van der Waals surface area (Å²) in [5.74, 6) is 0. The Morgan fingerprint density at radius 3 is 1.12 bits per heavy atom. The smallest absolute Gasteiger partial charge is 0.0431 e. The fourth-order valence-corrected chi connectivity index (χ4v) is 1.57. The second-order valence-electron chi connectivity index (χ2n) is 4.55. The molecule has 0 fully saturated rings. The van der Waals surface area contributed by atoms with Gasteiger partial charge in [-0.25, -0.2) is 0 Å². The van der Waals surface area contributed by atoms with E-state index in [4.69, 9.17) is 5.11 Å². The molecule has 0 aliphatic heterocycles. The van der Waals surface area contributed by atoms with Gasteiger partial charge < -0.3 is 5.11 Å². The molecule has 0 aliphatic rings. The van der Waals surface area contributed by atoms with Gasteiger partial charge in [0.25, 0.3) is 0 Å². The highest BCUT2D eigenvalue weighted by Gasteiger charge is 1.85. The summed E-state index contributed by atoms with van der Waals surface area (Å²) in [5.41, 5.74) is 0. The van der Waals surface area contributed by atoms with Gasteiger partial charge in [0.2, 0.25) is 0 Å². The van der Waals surface area contributed by atoms with Crippen molar-refractivity contribution in [1.82, 2.24) is 0 Å². The number of aliphatic hydroxyl groups excluding tert-OH is 1. The molecule has 0 rings (SSSR count). The van der Waals surface area contributed by atoms with Gasteiger partial charge in [-0.05, 0) is 6.42 Å². The van der Waals surface area contributed by atoms with E-state index in [0.717, 1.165) is 6.42 Å². The Kier molecular flexibility index (Phi) is 23.3. The van der Waals surface area contributed by atoms with Crippen LogP contribution in [-0.4, -0.2) is 11.7 Å². The molecular weight excluding hydrogens is 196 g/mol. The van der Waals surface area contributed by atoms with E-state index in [9.17, 15) is 0 Å². The second kappa shape index (κ2) is 20.4. The van der Waals surface area contributed by atoms with E-state index < -0.39 is 0 Å². The van der Waals surface area contributed by atoms with Crippen molar-refractivity contribution in [3.63, 3.8) is 0 Å². The van der Waals surface area contributed by atoms with Crippen molar-refractivity contribution in [2.75, 3.05) is 6.61 Å². The van der Waals surface area contributed by atoms with Crippen LogP contribution in [0.2, 0.25) is 0 Å². The van der Waals surface area contributed by atoms with Crippen molar-refractivity contribution in [2.24, 2.45) is 0 Å². The van der Waals surface area contributed by atoms with E-state index >= 15 is 0 Å². The zero-order valence-corrected chi connectivity index (χ0v) is 11.9. The highest BCUT2D eigenvalue weighted by atomic mass is 16.2. The van der Waals surface area contributed by atoms with Crippen LogP contribution >= 0.6 is 0 Å². The van der Waals surface area contributed by atoms with Gasteiger partial charge in [-0.2, -0.15) is 0 Å². The lowest BCUT2D eigenvalue weighted by Gasteiger charge is -1.96. The Balaban J connectivity index is 0. The van der Waals surface area contributed by atoms with Crippen molar-refractivity contribution in [3.05, 3.63) is 0 Å². The molecule has 1 nitrogen and oxygen atoms in total. The molecule has 0 spiro atoms. The lowest BCUT2D eigenvalue weighted by Crippen LogP contribution is -1.80. The number of hydrogen-bond donors (Lipinski definition) is 1. The van der Waals surface area contributed by atoms with Crippen LogP contribution in [0.4, 0.5) is 0 Å². The second-order valence-corrected chi connectivity index (χ2v) is 4.55. The molecular formula is C15H34O. The van der Waals surface area contributed by atoms with Gasteiger partial charge in [0.1, 0.15) is 0 Å². The van der Waals surface area contributed by atoms with E-state index in [1.807, 2.05) is 0 Å². The van der Waals surface area contributed by atoms with E-state index in [2.05, 4.69) is 20.8 Å². The van der Waals surface area contributed by atoms with E-state index in [0.29, 0.717) is 6.61 Å². The first-order valence-electron chi connectivity index (χ1n) is 7.44. The maximum atomic E-state index is 8.29. The summed E-state index contributed by atoms with van der Waals surface area (Å²) >= 11 is 0. The molecule has 16 heavy (non-hydrogen) atoms. The maximum Gasteiger partial charge on any atom is 0.0431 e. The summed E-state index contributed by atoms with van der Waals surface area (Å²) in [5, 5.41) is 8.29. The maximum absolute atomic E-state index is 8.29. The normalized spacial score (nSPS) is 9.75. The average molecular weight is 230 g/mol. The number of unbranched alkanes of at least 4 members (excludes halogenated alkanes) is 9. The third-order valence-electron chi connectivity index (χ3n) is 2.72.